The van der Waals surface area contributed by atoms with Gasteiger partial charge in [-0.25, -0.2) is 9.97 Å². The second kappa shape index (κ2) is 4.65. The van der Waals surface area contributed by atoms with Crippen LogP contribution in [0, 0.1) is 6.92 Å². The molecular formula is C11H12N4O2. The van der Waals surface area contributed by atoms with Gasteiger partial charge in [-0.2, -0.15) is 0 Å². The molecule has 0 saturated carbocycles. The van der Waals surface area contributed by atoms with Gasteiger partial charge in [0, 0.05) is 0 Å². The molecule has 0 saturated heterocycles. The fourth-order valence-corrected chi connectivity index (χ4v) is 1.29. The number of aromatic nitrogens is 2. The summed E-state index contributed by atoms with van der Waals surface area (Å²) in [6.07, 6.45) is 2.67. The van der Waals surface area contributed by atoms with E-state index in [2.05, 4.69) is 15.3 Å². The highest BCUT2D eigenvalue weighted by molar-refractivity contribution is 5.91. The number of amides is 1. The molecule has 6 heteroatoms. The van der Waals surface area contributed by atoms with Crippen molar-refractivity contribution in [2.24, 2.45) is 0 Å². The lowest BCUT2D eigenvalue weighted by Crippen LogP contribution is -2.23. The predicted octanol–water partition coefficient (Wildman–Crippen LogP) is 0.890. The minimum Gasteiger partial charge on any atom is -0.465 e. The lowest BCUT2D eigenvalue weighted by atomic mass is 10.4. The summed E-state index contributed by atoms with van der Waals surface area (Å²) < 4.78 is 5.32. The van der Waals surface area contributed by atoms with Crippen LogP contribution >= 0.6 is 0 Å². The van der Waals surface area contributed by atoms with Gasteiger partial charge in [-0.1, -0.05) is 0 Å². The van der Waals surface area contributed by atoms with Gasteiger partial charge in [-0.15, -0.1) is 0 Å². The number of hydrogen-bond donors (Lipinski definition) is 2. The summed E-state index contributed by atoms with van der Waals surface area (Å²) in [7, 11) is 0. The molecule has 0 aliphatic carbocycles. The van der Waals surface area contributed by atoms with Crippen molar-refractivity contribution in [2.45, 2.75) is 13.5 Å². The van der Waals surface area contributed by atoms with E-state index in [0.717, 1.165) is 5.76 Å². The van der Waals surface area contributed by atoms with Crippen LogP contribution < -0.4 is 11.1 Å². The molecule has 2 heterocycles. The average Bonchev–Trinajstić information content (AvgIpc) is 2.73. The molecule has 0 bridgehead atoms. The highest BCUT2D eigenvalue weighted by atomic mass is 16.3. The van der Waals surface area contributed by atoms with E-state index in [9.17, 15) is 4.79 Å². The summed E-state index contributed by atoms with van der Waals surface area (Å²) in [6.45, 7) is 2.16. The number of nitrogens with two attached hydrogens (primary N) is 1. The maximum atomic E-state index is 11.6. The molecule has 17 heavy (non-hydrogen) atoms. The second-order valence-corrected chi connectivity index (χ2v) is 3.52. The van der Waals surface area contributed by atoms with Crippen LogP contribution in [0.4, 0.5) is 5.82 Å². The molecule has 2 aromatic rings. The summed E-state index contributed by atoms with van der Waals surface area (Å²) in [5, 5.41) is 2.67. The minimum absolute atomic E-state index is 0.225. The molecule has 1 amide bonds. The first kappa shape index (κ1) is 11.1. The van der Waals surface area contributed by atoms with Gasteiger partial charge in [0.05, 0.1) is 18.9 Å². The Kier molecular flexibility index (Phi) is 3.04. The van der Waals surface area contributed by atoms with Gasteiger partial charge < -0.3 is 15.5 Å². The van der Waals surface area contributed by atoms with Crippen molar-refractivity contribution in [2.75, 3.05) is 5.73 Å². The number of nitrogen functional groups attached to an aromatic ring is 1. The largest absolute Gasteiger partial charge is 0.465 e. The van der Waals surface area contributed by atoms with Crippen molar-refractivity contribution >= 4 is 11.7 Å². The normalized spacial score (nSPS) is 10.2. The molecule has 0 radical (unpaired) electrons. The Morgan fingerprint density at radius 1 is 1.41 bits per heavy atom. The van der Waals surface area contributed by atoms with Gasteiger partial charge in [0.1, 0.15) is 23.0 Å². The summed E-state index contributed by atoms with van der Waals surface area (Å²) >= 11 is 0. The van der Waals surface area contributed by atoms with Crippen molar-refractivity contribution in [3.8, 4) is 0 Å². The van der Waals surface area contributed by atoms with Crippen LogP contribution in [-0.4, -0.2) is 15.9 Å². The number of hydrogen-bond acceptors (Lipinski definition) is 5. The topological polar surface area (TPSA) is 94.0 Å². The van der Waals surface area contributed by atoms with E-state index in [4.69, 9.17) is 10.2 Å². The number of nitrogens with zero attached hydrogens (tertiary/aromatic N) is 2. The van der Waals surface area contributed by atoms with Crippen molar-refractivity contribution in [3.63, 3.8) is 0 Å². The van der Waals surface area contributed by atoms with Crippen LogP contribution in [-0.2, 0) is 6.54 Å². The highest BCUT2D eigenvalue weighted by Gasteiger charge is 2.08. The van der Waals surface area contributed by atoms with Crippen LogP contribution in [0.2, 0.25) is 0 Å². The highest BCUT2D eigenvalue weighted by Crippen LogP contribution is 2.05. The van der Waals surface area contributed by atoms with Crippen LogP contribution in [0.1, 0.15) is 22.0 Å². The fourth-order valence-electron chi connectivity index (χ4n) is 1.29. The van der Waals surface area contributed by atoms with E-state index in [0.29, 0.717) is 12.3 Å². The zero-order valence-corrected chi connectivity index (χ0v) is 9.30. The Hall–Kier alpha value is -2.37. The Morgan fingerprint density at radius 3 is 2.82 bits per heavy atom. The Morgan fingerprint density at radius 2 is 2.24 bits per heavy atom. The third kappa shape index (κ3) is 2.81. The molecule has 2 rings (SSSR count). The van der Waals surface area contributed by atoms with Gasteiger partial charge in [-0.3, -0.25) is 4.79 Å². The molecule has 0 aliphatic rings. The van der Waals surface area contributed by atoms with Crippen molar-refractivity contribution in [3.05, 3.63) is 41.7 Å². The average molecular weight is 232 g/mol. The molecular weight excluding hydrogens is 220 g/mol. The molecule has 0 unspecified atom stereocenters. The van der Waals surface area contributed by atoms with Gasteiger partial charge in [0.25, 0.3) is 5.91 Å². The second-order valence-electron chi connectivity index (χ2n) is 3.52. The Balaban J connectivity index is 1.95. The van der Waals surface area contributed by atoms with Crippen molar-refractivity contribution in [1.29, 1.82) is 0 Å². The zero-order valence-electron chi connectivity index (χ0n) is 9.30. The quantitative estimate of drug-likeness (QED) is 0.819. The summed E-state index contributed by atoms with van der Waals surface area (Å²) in [4.78, 5) is 19.3. The zero-order chi connectivity index (χ0) is 12.3. The Labute approximate surface area is 97.9 Å². The maximum Gasteiger partial charge on any atom is 0.271 e. The number of nitrogens with one attached hydrogen (secondary N) is 1. The van der Waals surface area contributed by atoms with Gasteiger partial charge in [-0.05, 0) is 19.1 Å². The Bertz CT molecular complexity index is 519. The van der Waals surface area contributed by atoms with Gasteiger partial charge in [0.2, 0.25) is 0 Å². The van der Waals surface area contributed by atoms with E-state index in [1.807, 2.05) is 19.1 Å². The summed E-state index contributed by atoms with van der Waals surface area (Å²) in [5.41, 5.74) is 5.60. The molecule has 0 fully saturated rings. The summed E-state index contributed by atoms with van der Waals surface area (Å²) in [5.74, 6) is 1.47. The van der Waals surface area contributed by atoms with Crippen LogP contribution in [0.15, 0.2) is 28.9 Å². The summed E-state index contributed by atoms with van der Waals surface area (Å²) in [6, 6.07) is 3.65. The smallest absolute Gasteiger partial charge is 0.271 e. The fraction of sp³-hybridized carbons (Fsp3) is 0.182. The van der Waals surface area contributed by atoms with Crippen molar-refractivity contribution in [1.82, 2.24) is 15.3 Å². The van der Waals surface area contributed by atoms with Gasteiger partial charge >= 0.3 is 0 Å². The molecule has 0 spiro atoms. The molecule has 0 atom stereocenters. The molecule has 0 aliphatic heterocycles. The molecule has 2 aromatic heterocycles. The van der Waals surface area contributed by atoms with E-state index in [1.54, 1.807) is 0 Å². The lowest BCUT2D eigenvalue weighted by molar-refractivity contribution is 0.0942. The van der Waals surface area contributed by atoms with E-state index < -0.39 is 0 Å². The molecule has 0 aromatic carbocycles. The SMILES string of the molecule is Cc1ccc(CNC(=O)c2cnc(N)cn2)o1. The first-order valence-electron chi connectivity index (χ1n) is 5.06. The number of carbonyl (C=O) groups excluding carboxylic acids is 1. The van der Waals surface area contributed by atoms with Crippen molar-refractivity contribution < 1.29 is 9.21 Å². The first-order chi connectivity index (χ1) is 8.15. The lowest BCUT2D eigenvalue weighted by Gasteiger charge is -2.02. The van der Waals surface area contributed by atoms with E-state index in [-0.39, 0.29) is 17.4 Å². The van der Waals surface area contributed by atoms with Gasteiger partial charge in [0.15, 0.2) is 0 Å². The third-order valence-corrected chi connectivity index (χ3v) is 2.12. The monoisotopic (exact) mass is 232 g/mol. The molecule has 3 N–H and O–H groups in total. The number of anilines is 1. The molecule has 6 nitrogen and oxygen atoms in total. The van der Waals surface area contributed by atoms with E-state index in [1.165, 1.54) is 12.4 Å². The third-order valence-electron chi connectivity index (χ3n) is 2.12. The van der Waals surface area contributed by atoms with E-state index >= 15 is 0 Å². The standard InChI is InChI=1S/C11H12N4O2/c1-7-2-3-8(17-7)4-15-11(16)9-5-14-10(12)6-13-9/h2-3,5-6H,4H2,1H3,(H2,12,14)(H,15,16). The predicted molar refractivity (Wildman–Crippen MR) is 61.1 cm³/mol. The number of rotatable bonds is 3. The molecule has 88 valence electrons. The van der Waals surface area contributed by atoms with Crippen LogP contribution in [0.3, 0.4) is 0 Å². The number of carbonyl (C=O) groups is 1. The maximum absolute atomic E-state index is 11.6. The number of furan rings is 1. The number of aryl methyl sites for hydroxylation is 1. The minimum atomic E-state index is -0.313. The first-order valence-corrected chi connectivity index (χ1v) is 5.06. The van der Waals surface area contributed by atoms with Crippen LogP contribution in [0.5, 0.6) is 0 Å². The van der Waals surface area contributed by atoms with Crippen LogP contribution in [0.25, 0.3) is 0 Å².